The zero-order valence-electron chi connectivity index (χ0n) is 9.26. The molecule has 0 heterocycles. The van der Waals surface area contributed by atoms with E-state index in [0.717, 1.165) is 23.7 Å². The monoisotopic (exact) mass is 180 g/mol. The van der Waals surface area contributed by atoms with Gasteiger partial charge in [-0.05, 0) is 36.5 Å². The van der Waals surface area contributed by atoms with Crippen LogP contribution in [0.1, 0.15) is 58.8 Å². The van der Waals surface area contributed by atoms with Crippen LogP contribution in [0.15, 0.2) is 0 Å². The van der Waals surface area contributed by atoms with Crippen LogP contribution in [0.5, 0.6) is 0 Å². The summed E-state index contributed by atoms with van der Waals surface area (Å²) in [7, 11) is 0. The second-order valence-electron chi connectivity index (χ2n) is 5.45. The van der Waals surface area contributed by atoms with Gasteiger partial charge in [-0.15, -0.1) is 0 Å². The Kier molecular flexibility index (Phi) is 2.96. The summed E-state index contributed by atoms with van der Waals surface area (Å²) in [6, 6.07) is 0. The third-order valence-electron chi connectivity index (χ3n) is 4.56. The van der Waals surface area contributed by atoms with Gasteiger partial charge in [0.15, 0.2) is 0 Å². The van der Waals surface area contributed by atoms with Gasteiger partial charge in [0, 0.05) is 0 Å². The first-order valence-electron chi connectivity index (χ1n) is 6.31. The Bertz CT molecular complexity index is 161. The molecule has 2 saturated carbocycles. The van der Waals surface area contributed by atoms with Crippen molar-refractivity contribution in [3.05, 3.63) is 0 Å². The van der Waals surface area contributed by atoms with Crippen molar-refractivity contribution in [3.63, 3.8) is 0 Å². The maximum atomic E-state index is 2.49. The first-order valence-corrected chi connectivity index (χ1v) is 6.31. The van der Waals surface area contributed by atoms with E-state index >= 15 is 0 Å². The van der Waals surface area contributed by atoms with Crippen molar-refractivity contribution in [2.45, 2.75) is 58.8 Å². The molecule has 0 N–H and O–H groups in total. The van der Waals surface area contributed by atoms with Gasteiger partial charge in [-0.1, -0.05) is 46.0 Å². The van der Waals surface area contributed by atoms with E-state index in [1.54, 1.807) is 19.3 Å². The molecule has 0 aromatic carbocycles. The lowest BCUT2D eigenvalue weighted by atomic mass is 9.83. The highest BCUT2D eigenvalue weighted by Gasteiger charge is 2.37. The van der Waals surface area contributed by atoms with Gasteiger partial charge < -0.3 is 0 Å². The van der Waals surface area contributed by atoms with E-state index in [0.29, 0.717) is 0 Å². The van der Waals surface area contributed by atoms with Crippen molar-refractivity contribution in [1.29, 1.82) is 0 Å². The van der Waals surface area contributed by atoms with Crippen LogP contribution in [0.25, 0.3) is 0 Å². The van der Waals surface area contributed by atoms with Gasteiger partial charge >= 0.3 is 0 Å². The number of hydrogen-bond acceptors (Lipinski definition) is 0. The highest BCUT2D eigenvalue weighted by molar-refractivity contribution is 4.87. The maximum Gasteiger partial charge on any atom is -0.0380 e. The lowest BCUT2D eigenvalue weighted by Gasteiger charge is -2.22. The molecule has 2 aliphatic rings. The van der Waals surface area contributed by atoms with Gasteiger partial charge in [0.25, 0.3) is 0 Å². The minimum absolute atomic E-state index is 1.05. The molecule has 4 unspecified atom stereocenters. The summed E-state index contributed by atoms with van der Waals surface area (Å²) < 4.78 is 0. The Balaban J connectivity index is 1.98. The minimum Gasteiger partial charge on any atom is -0.0654 e. The zero-order chi connectivity index (χ0) is 9.26. The van der Waals surface area contributed by atoms with E-state index in [2.05, 4.69) is 13.8 Å². The average molecular weight is 180 g/mol. The summed E-state index contributed by atoms with van der Waals surface area (Å²) in [6.07, 6.45) is 10.6. The molecule has 0 amide bonds. The minimum atomic E-state index is 1.05. The normalized spacial score (nSPS) is 44.8. The first kappa shape index (κ1) is 9.55. The molecule has 13 heavy (non-hydrogen) atoms. The predicted molar refractivity (Wildman–Crippen MR) is 57.6 cm³/mol. The van der Waals surface area contributed by atoms with Crippen molar-refractivity contribution in [2.75, 3.05) is 0 Å². The molecule has 4 atom stereocenters. The lowest BCUT2D eigenvalue weighted by molar-refractivity contribution is 0.285. The van der Waals surface area contributed by atoms with Crippen molar-refractivity contribution >= 4 is 0 Å². The summed E-state index contributed by atoms with van der Waals surface area (Å²) in [6.45, 7) is 4.83. The molecule has 76 valence electrons. The summed E-state index contributed by atoms with van der Waals surface area (Å²) in [5, 5.41) is 0. The van der Waals surface area contributed by atoms with Crippen molar-refractivity contribution in [2.24, 2.45) is 23.7 Å². The van der Waals surface area contributed by atoms with Crippen LogP contribution in [-0.4, -0.2) is 0 Å². The fourth-order valence-corrected chi connectivity index (χ4v) is 3.80. The van der Waals surface area contributed by atoms with Gasteiger partial charge in [-0.3, -0.25) is 0 Å². The molecule has 0 radical (unpaired) electrons. The molecule has 0 spiro atoms. The Hall–Kier alpha value is 0. The Labute approximate surface area is 83.1 Å². The SMILES string of the molecule is CCCC1CCCC2CC1CC2C. The summed E-state index contributed by atoms with van der Waals surface area (Å²) in [4.78, 5) is 0. The van der Waals surface area contributed by atoms with E-state index in [1.165, 1.54) is 25.7 Å². The number of hydrogen-bond donors (Lipinski definition) is 0. The average Bonchev–Trinajstić information content (AvgIpc) is 2.32. The van der Waals surface area contributed by atoms with Crippen LogP contribution in [0.4, 0.5) is 0 Å². The Morgan fingerprint density at radius 1 is 1.08 bits per heavy atom. The quantitative estimate of drug-likeness (QED) is 0.596. The summed E-state index contributed by atoms with van der Waals surface area (Å²) in [5.41, 5.74) is 0. The van der Waals surface area contributed by atoms with E-state index in [9.17, 15) is 0 Å². The maximum absolute atomic E-state index is 2.49. The zero-order valence-corrected chi connectivity index (χ0v) is 9.26. The fraction of sp³-hybridized carbons (Fsp3) is 1.00. The van der Waals surface area contributed by atoms with Gasteiger partial charge in [-0.2, -0.15) is 0 Å². The van der Waals surface area contributed by atoms with Crippen LogP contribution in [0, 0.1) is 23.7 Å². The molecule has 0 aliphatic heterocycles. The molecule has 2 rings (SSSR count). The standard InChI is InChI=1S/C13H24/c1-3-5-11-6-4-7-12-9-13(11)8-10(12)2/h10-13H,3-9H2,1-2H3. The molecule has 0 saturated heterocycles. The molecule has 2 fully saturated rings. The third-order valence-corrected chi connectivity index (χ3v) is 4.56. The van der Waals surface area contributed by atoms with E-state index in [4.69, 9.17) is 0 Å². The molecular formula is C13H24. The van der Waals surface area contributed by atoms with E-state index in [-0.39, 0.29) is 0 Å². The molecule has 2 bridgehead atoms. The van der Waals surface area contributed by atoms with Crippen molar-refractivity contribution in [1.82, 2.24) is 0 Å². The topological polar surface area (TPSA) is 0 Å². The highest BCUT2D eigenvalue weighted by Crippen LogP contribution is 2.47. The Morgan fingerprint density at radius 2 is 1.92 bits per heavy atom. The van der Waals surface area contributed by atoms with Gasteiger partial charge in [0.1, 0.15) is 0 Å². The lowest BCUT2D eigenvalue weighted by Crippen LogP contribution is -2.12. The second kappa shape index (κ2) is 4.02. The molecule has 0 heteroatoms. The van der Waals surface area contributed by atoms with Gasteiger partial charge in [0.05, 0.1) is 0 Å². The van der Waals surface area contributed by atoms with Crippen LogP contribution < -0.4 is 0 Å². The van der Waals surface area contributed by atoms with Crippen molar-refractivity contribution < 1.29 is 0 Å². The van der Waals surface area contributed by atoms with E-state index < -0.39 is 0 Å². The number of fused-ring (bicyclic) bond motifs is 2. The van der Waals surface area contributed by atoms with Crippen LogP contribution in [-0.2, 0) is 0 Å². The molecule has 0 aromatic heterocycles. The Morgan fingerprint density at radius 3 is 2.69 bits per heavy atom. The predicted octanol–water partition coefficient (Wildman–Crippen LogP) is 4.25. The number of rotatable bonds is 2. The summed E-state index contributed by atoms with van der Waals surface area (Å²) in [5.74, 6) is 4.36. The molecular weight excluding hydrogens is 156 g/mol. The van der Waals surface area contributed by atoms with E-state index in [1.807, 2.05) is 0 Å². The fourth-order valence-electron chi connectivity index (χ4n) is 3.80. The van der Waals surface area contributed by atoms with Crippen LogP contribution >= 0.6 is 0 Å². The largest absolute Gasteiger partial charge is 0.0654 e. The smallest absolute Gasteiger partial charge is 0.0380 e. The van der Waals surface area contributed by atoms with Crippen LogP contribution in [0.2, 0.25) is 0 Å². The summed E-state index contributed by atoms with van der Waals surface area (Å²) >= 11 is 0. The van der Waals surface area contributed by atoms with Crippen LogP contribution in [0.3, 0.4) is 0 Å². The molecule has 0 aromatic rings. The first-order chi connectivity index (χ1) is 6.31. The van der Waals surface area contributed by atoms with Crippen molar-refractivity contribution in [3.8, 4) is 0 Å². The molecule has 0 nitrogen and oxygen atoms in total. The highest BCUT2D eigenvalue weighted by atomic mass is 14.4. The van der Waals surface area contributed by atoms with Gasteiger partial charge in [0.2, 0.25) is 0 Å². The van der Waals surface area contributed by atoms with Gasteiger partial charge in [-0.25, -0.2) is 0 Å². The third kappa shape index (κ3) is 1.92. The molecule has 2 aliphatic carbocycles. The second-order valence-corrected chi connectivity index (χ2v) is 5.45.